The summed E-state index contributed by atoms with van der Waals surface area (Å²) in [6.45, 7) is 7.62. The van der Waals surface area contributed by atoms with Gasteiger partial charge in [-0.1, -0.05) is 35.7 Å². The zero-order valence-corrected chi connectivity index (χ0v) is 13.1. The normalized spacial score (nSPS) is 11.0. The molecule has 0 unspecified atom stereocenters. The molecule has 1 rings (SSSR count). The molecule has 0 aliphatic heterocycles. The van der Waals surface area contributed by atoms with Gasteiger partial charge in [-0.15, -0.1) is 0 Å². The van der Waals surface area contributed by atoms with E-state index in [1.54, 1.807) is 12.1 Å². The molecule has 3 heteroatoms. The lowest BCUT2D eigenvalue weighted by molar-refractivity contribution is 0.614. The number of anilines is 1. The summed E-state index contributed by atoms with van der Waals surface area (Å²) >= 11 is 3.45. The van der Waals surface area contributed by atoms with Crippen LogP contribution in [-0.4, -0.2) is 12.6 Å². The highest BCUT2D eigenvalue weighted by molar-refractivity contribution is 9.08. The number of hydrogen-bond acceptors (Lipinski definition) is 1. The Morgan fingerprint density at radius 3 is 2.56 bits per heavy atom. The first-order chi connectivity index (χ1) is 8.60. The van der Waals surface area contributed by atoms with Crippen LogP contribution in [0.15, 0.2) is 18.2 Å². The van der Waals surface area contributed by atoms with E-state index in [0.717, 1.165) is 17.8 Å². The van der Waals surface area contributed by atoms with Crippen molar-refractivity contribution in [1.82, 2.24) is 0 Å². The SMILES string of the molecule is CCCCCN(c1ccc(F)cc1CBr)C(C)C. The number of benzene rings is 1. The van der Waals surface area contributed by atoms with Crippen LogP contribution in [0, 0.1) is 5.82 Å². The van der Waals surface area contributed by atoms with Crippen molar-refractivity contribution in [3.8, 4) is 0 Å². The second-order valence-electron chi connectivity index (χ2n) is 4.90. The molecule has 0 atom stereocenters. The minimum Gasteiger partial charge on any atom is -0.369 e. The fraction of sp³-hybridized carbons (Fsp3) is 0.600. The predicted octanol–water partition coefficient (Wildman–Crippen LogP) is 5.13. The fourth-order valence-electron chi connectivity index (χ4n) is 2.13. The summed E-state index contributed by atoms with van der Waals surface area (Å²) < 4.78 is 13.3. The van der Waals surface area contributed by atoms with E-state index in [2.05, 4.69) is 41.6 Å². The van der Waals surface area contributed by atoms with E-state index in [0.29, 0.717) is 11.4 Å². The molecule has 0 aliphatic carbocycles. The molecular formula is C15H23BrFN. The van der Waals surface area contributed by atoms with Gasteiger partial charge in [-0.25, -0.2) is 4.39 Å². The average molecular weight is 316 g/mol. The number of hydrogen-bond donors (Lipinski definition) is 0. The van der Waals surface area contributed by atoms with Crippen LogP contribution < -0.4 is 4.90 Å². The van der Waals surface area contributed by atoms with Gasteiger partial charge in [-0.05, 0) is 44.0 Å². The molecule has 0 aliphatic rings. The average Bonchev–Trinajstić information content (AvgIpc) is 2.35. The van der Waals surface area contributed by atoms with Crippen molar-refractivity contribution in [1.29, 1.82) is 0 Å². The highest BCUT2D eigenvalue weighted by Crippen LogP contribution is 2.26. The zero-order valence-electron chi connectivity index (χ0n) is 11.5. The molecule has 1 aromatic carbocycles. The maximum atomic E-state index is 13.3. The Balaban J connectivity index is 2.90. The van der Waals surface area contributed by atoms with Gasteiger partial charge in [0.2, 0.25) is 0 Å². The minimum absolute atomic E-state index is 0.162. The second kappa shape index (κ2) is 7.78. The van der Waals surface area contributed by atoms with Gasteiger partial charge in [0.1, 0.15) is 5.82 Å². The van der Waals surface area contributed by atoms with Crippen molar-refractivity contribution >= 4 is 21.6 Å². The summed E-state index contributed by atoms with van der Waals surface area (Å²) in [4.78, 5) is 2.37. The first kappa shape index (κ1) is 15.5. The molecule has 0 fully saturated rings. The van der Waals surface area contributed by atoms with E-state index in [4.69, 9.17) is 0 Å². The van der Waals surface area contributed by atoms with Crippen molar-refractivity contribution < 1.29 is 4.39 Å². The topological polar surface area (TPSA) is 3.24 Å². The number of unbranched alkanes of at least 4 members (excludes halogenated alkanes) is 2. The van der Waals surface area contributed by atoms with Crippen LogP contribution in [0.25, 0.3) is 0 Å². The lowest BCUT2D eigenvalue weighted by Crippen LogP contribution is -2.32. The highest BCUT2D eigenvalue weighted by atomic mass is 79.9. The number of rotatable bonds is 7. The molecule has 0 radical (unpaired) electrons. The molecular weight excluding hydrogens is 293 g/mol. The van der Waals surface area contributed by atoms with Crippen molar-refractivity contribution in [3.63, 3.8) is 0 Å². The van der Waals surface area contributed by atoms with Gasteiger partial charge in [0.15, 0.2) is 0 Å². The van der Waals surface area contributed by atoms with E-state index in [9.17, 15) is 4.39 Å². The maximum Gasteiger partial charge on any atom is 0.123 e. The lowest BCUT2D eigenvalue weighted by atomic mass is 10.1. The summed E-state index contributed by atoms with van der Waals surface area (Å²) in [6.07, 6.45) is 3.66. The molecule has 0 amide bonds. The number of alkyl halides is 1. The third-order valence-corrected chi connectivity index (χ3v) is 3.72. The molecule has 102 valence electrons. The Hall–Kier alpha value is -0.570. The van der Waals surface area contributed by atoms with Crippen molar-refractivity contribution in [2.24, 2.45) is 0 Å². The minimum atomic E-state index is -0.162. The fourth-order valence-corrected chi connectivity index (χ4v) is 2.58. The van der Waals surface area contributed by atoms with Gasteiger partial charge in [0, 0.05) is 23.6 Å². The van der Waals surface area contributed by atoms with Gasteiger partial charge >= 0.3 is 0 Å². The van der Waals surface area contributed by atoms with Gasteiger partial charge in [-0.2, -0.15) is 0 Å². The van der Waals surface area contributed by atoms with E-state index in [-0.39, 0.29) is 5.82 Å². The standard InChI is InChI=1S/C15H23BrFN/c1-4-5-6-9-18(12(2)3)15-8-7-14(17)10-13(15)11-16/h7-8,10,12H,4-6,9,11H2,1-3H3. The summed E-state index contributed by atoms with van der Waals surface area (Å²) in [5.74, 6) is -0.162. The summed E-state index contributed by atoms with van der Waals surface area (Å²) in [5, 5.41) is 0.692. The second-order valence-corrected chi connectivity index (χ2v) is 5.46. The van der Waals surface area contributed by atoms with Crippen LogP contribution in [0.3, 0.4) is 0 Å². The van der Waals surface area contributed by atoms with Crippen LogP contribution in [0.5, 0.6) is 0 Å². The molecule has 0 heterocycles. The third kappa shape index (κ3) is 4.27. The predicted molar refractivity (Wildman–Crippen MR) is 81.0 cm³/mol. The highest BCUT2D eigenvalue weighted by Gasteiger charge is 2.14. The Morgan fingerprint density at radius 2 is 2.00 bits per heavy atom. The van der Waals surface area contributed by atoms with E-state index in [1.807, 2.05) is 6.07 Å². The molecule has 1 aromatic rings. The smallest absolute Gasteiger partial charge is 0.123 e. The molecule has 0 N–H and O–H groups in total. The molecule has 0 bridgehead atoms. The summed E-state index contributed by atoms with van der Waals surface area (Å²) in [6, 6.07) is 5.51. The number of halogens is 2. The molecule has 0 saturated heterocycles. The zero-order chi connectivity index (χ0) is 13.5. The van der Waals surface area contributed by atoms with Crippen LogP contribution in [0.2, 0.25) is 0 Å². The maximum absolute atomic E-state index is 13.3. The van der Waals surface area contributed by atoms with Crippen molar-refractivity contribution in [2.75, 3.05) is 11.4 Å². The quantitative estimate of drug-likeness (QED) is 0.498. The largest absolute Gasteiger partial charge is 0.369 e. The first-order valence-corrected chi connectivity index (χ1v) is 7.83. The molecule has 0 aromatic heterocycles. The van der Waals surface area contributed by atoms with E-state index in [1.165, 1.54) is 19.3 Å². The van der Waals surface area contributed by atoms with E-state index >= 15 is 0 Å². The van der Waals surface area contributed by atoms with Gasteiger partial charge in [0.05, 0.1) is 0 Å². The molecule has 1 nitrogen and oxygen atoms in total. The van der Waals surface area contributed by atoms with Crippen molar-refractivity contribution in [3.05, 3.63) is 29.6 Å². The van der Waals surface area contributed by atoms with Gasteiger partial charge < -0.3 is 4.90 Å². The van der Waals surface area contributed by atoms with Gasteiger partial charge in [-0.3, -0.25) is 0 Å². The van der Waals surface area contributed by atoms with Crippen LogP contribution in [-0.2, 0) is 5.33 Å². The summed E-state index contributed by atoms with van der Waals surface area (Å²) in [5.41, 5.74) is 2.18. The molecule has 0 spiro atoms. The molecule has 0 saturated carbocycles. The van der Waals surface area contributed by atoms with Crippen molar-refractivity contribution in [2.45, 2.75) is 51.4 Å². The number of nitrogens with zero attached hydrogens (tertiary/aromatic N) is 1. The Bertz CT molecular complexity index is 366. The molecule has 18 heavy (non-hydrogen) atoms. The third-order valence-electron chi connectivity index (χ3n) is 3.12. The van der Waals surface area contributed by atoms with Crippen LogP contribution in [0.4, 0.5) is 10.1 Å². The Morgan fingerprint density at radius 1 is 1.28 bits per heavy atom. The Labute approximate surface area is 119 Å². The van der Waals surface area contributed by atoms with E-state index < -0.39 is 0 Å². The van der Waals surface area contributed by atoms with Gasteiger partial charge in [0.25, 0.3) is 0 Å². The van der Waals surface area contributed by atoms with Crippen LogP contribution in [0.1, 0.15) is 45.6 Å². The lowest BCUT2D eigenvalue weighted by Gasteiger charge is -2.31. The summed E-state index contributed by atoms with van der Waals surface area (Å²) in [7, 11) is 0. The van der Waals surface area contributed by atoms with Crippen LogP contribution >= 0.6 is 15.9 Å². The monoisotopic (exact) mass is 315 g/mol. The first-order valence-electron chi connectivity index (χ1n) is 6.71. The Kier molecular flexibility index (Phi) is 6.69.